The highest BCUT2D eigenvalue weighted by Gasteiger charge is 1.96. The summed E-state index contributed by atoms with van der Waals surface area (Å²) in [6.07, 6.45) is 4.79. The number of ether oxygens (including phenoxy) is 1. The fourth-order valence-corrected chi connectivity index (χ4v) is 1.15. The number of nitrogens with zero attached hydrogens (tertiary/aromatic N) is 2. The van der Waals surface area contributed by atoms with Gasteiger partial charge in [0.15, 0.2) is 0 Å². The summed E-state index contributed by atoms with van der Waals surface area (Å²) in [6.45, 7) is 5.54. The van der Waals surface area contributed by atoms with Crippen molar-refractivity contribution in [1.29, 1.82) is 0 Å². The van der Waals surface area contributed by atoms with Crippen molar-refractivity contribution in [2.24, 2.45) is 7.05 Å². The molecule has 0 fully saturated rings. The molecule has 1 aromatic rings. The van der Waals surface area contributed by atoms with Crippen LogP contribution in [-0.2, 0) is 18.4 Å². The van der Waals surface area contributed by atoms with Crippen LogP contribution in [0.2, 0.25) is 0 Å². The molecule has 0 aliphatic rings. The van der Waals surface area contributed by atoms with Gasteiger partial charge >= 0.3 is 0 Å². The van der Waals surface area contributed by atoms with Crippen LogP contribution >= 0.6 is 0 Å². The first-order valence-corrected chi connectivity index (χ1v) is 5.08. The second-order valence-corrected chi connectivity index (χ2v) is 3.30. The topological polar surface area (TPSA) is 39.1 Å². The fourth-order valence-electron chi connectivity index (χ4n) is 1.15. The molecule has 14 heavy (non-hydrogen) atoms. The Morgan fingerprint density at radius 3 is 3.00 bits per heavy atom. The van der Waals surface area contributed by atoms with Gasteiger partial charge in [-0.05, 0) is 13.0 Å². The molecule has 80 valence electrons. The molecule has 0 unspecified atom stereocenters. The maximum atomic E-state index is 5.48. The average Bonchev–Trinajstić information content (AvgIpc) is 2.58. The van der Waals surface area contributed by atoms with E-state index in [0.717, 1.165) is 25.4 Å². The summed E-state index contributed by atoms with van der Waals surface area (Å²) in [5.41, 5.74) is 1.11. The van der Waals surface area contributed by atoms with Crippen molar-refractivity contribution < 1.29 is 4.74 Å². The standard InChI is InChI=1S/C10H19N3O/c1-3-4-11-5-6-14-8-10-7-12-9-13(10)2/h7,9,11H,3-6,8H2,1-2H3. The van der Waals surface area contributed by atoms with Gasteiger partial charge in [0.1, 0.15) is 0 Å². The van der Waals surface area contributed by atoms with Crippen LogP contribution in [-0.4, -0.2) is 29.2 Å². The maximum absolute atomic E-state index is 5.48. The highest BCUT2D eigenvalue weighted by molar-refractivity contribution is 4.94. The SMILES string of the molecule is CCCNCCOCc1cncn1C. The lowest BCUT2D eigenvalue weighted by Crippen LogP contribution is -2.20. The van der Waals surface area contributed by atoms with Crippen molar-refractivity contribution in [2.45, 2.75) is 20.0 Å². The van der Waals surface area contributed by atoms with E-state index in [9.17, 15) is 0 Å². The number of hydrogen-bond donors (Lipinski definition) is 1. The molecular weight excluding hydrogens is 178 g/mol. The highest BCUT2D eigenvalue weighted by Crippen LogP contribution is 1.97. The van der Waals surface area contributed by atoms with E-state index in [1.807, 2.05) is 17.8 Å². The molecule has 0 atom stereocenters. The summed E-state index contributed by atoms with van der Waals surface area (Å²) >= 11 is 0. The lowest BCUT2D eigenvalue weighted by molar-refractivity contribution is 0.118. The molecular formula is C10H19N3O. The number of aromatic nitrogens is 2. The van der Waals surface area contributed by atoms with Crippen molar-refractivity contribution in [1.82, 2.24) is 14.9 Å². The molecule has 0 spiro atoms. The first-order valence-electron chi connectivity index (χ1n) is 5.08. The van der Waals surface area contributed by atoms with Gasteiger partial charge in [-0.3, -0.25) is 0 Å². The summed E-state index contributed by atoms with van der Waals surface area (Å²) < 4.78 is 7.45. The second-order valence-electron chi connectivity index (χ2n) is 3.30. The van der Waals surface area contributed by atoms with Crippen LogP contribution in [0.25, 0.3) is 0 Å². The summed E-state index contributed by atoms with van der Waals surface area (Å²) in [5.74, 6) is 0. The zero-order valence-corrected chi connectivity index (χ0v) is 8.99. The Labute approximate surface area is 85.3 Å². The van der Waals surface area contributed by atoms with Crippen LogP contribution in [0.15, 0.2) is 12.5 Å². The van der Waals surface area contributed by atoms with Crippen molar-refractivity contribution in [3.63, 3.8) is 0 Å². The summed E-state index contributed by atoms with van der Waals surface area (Å²) in [6, 6.07) is 0. The third-order valence-corrected chi connectivity index (χ3v) is 2.02. The van der Waals surface area contributed by atoms with E-state index >= 15 is 0 Å². The molecule has 4 nitrogen and oxygen atoms in total. The smallest absolute Gasteiger partial charge is 0.0946 e. The van der Waals surface area contributed by atoms with Gasteiger partial charge in [-0.2, -0.15) is 0 Å². The average molecular weight is 197 g/mol. The third kappa shape index (κ3) is 3.89. The predicted octanol–water partition coefficient (Wildman–Crippen LogP) is 0.936. The Balaban J connectivity index is 2.02. The van der Waals surface area contributed by atoms with Crippen LogP contribution in [0.5, 0.6) is 0 Å². The number of aryl methyl sites for hydroxylation is 1. The van der Waals surface area contributed by atoms with E-state index in [4.69, 9.17) is 4.74 Å². The zero-order chi connectivity index (χ0) is 10.2. The van der Waals surface area contributed by atoms with Crippen molar-refractivity contribution in [3.8, 4) is 0 Å². The van der Waals surface area contributed by atoms with Gasteiger partial charge in [0.05, 0.1) is 31.4 Å². The lowest BCUT2D eigenvalue weighted by Gasteiger charge is -2.05. The van der Waals surface area contributed by atoms with Crippen LogP contribution in [0.1, 0.15) is 19.0 Å². The van der Waals surface area contributed by atoms with Crippen LogP contribution in [0.4, 0.5) is 0 Å². The molecule has 0 aromatic carbocycles. The van der Waals surface area contributed by atoms with Crippen LogP contribution in [0, 0.1) is 0 Å². The van der Waals surface area contributed by atoms with Gasteiger partial charge in [0.2, 0.25) is 0 Å². The first kappa shape index (κ1) is 11.2. The van der Waals surface area contributed by atoms with Crippen molar-refractivity contribution in [3.05, 3.63) is 18.2 Å². The molecule has 1 rings (SSSR count). The summed E-state index contributed by atoms with van der Waals surface area (Å²) in [5, 5.41) is 3.28. The van der Waals surface area contributed by atoms with E-state index in [-0.39, 0.29) is 0 Å². The minimum Gasteiger partial charge on any atom is -0.374 e. The number of hydrogen-bond acceptors (Lipinski definition) is 3. The molecule has 1 aromatic heterocycles. The third-order valence-electron chi connectivity index (χ3n) is 2.02. The van der Waals surface area contributed by atoms with Crippen molar-refractivity contribution >= 4 is 0 Å². The lowest BCUT2D eigenvalue weighted by atomic mass is 10.5. The van der Waals surface area contributed by atoms with E-state index in [1.165, 1.54) is 6.42 Å². The van der Waals surface area contributed by atoms with Crippen LogP contribution in [0.3, 0.4) is 0 Å². The Morgan fingerprint density at radius 1 is 1.50 bits per heavy atom. The molecule has 1 N–H and O–H groups in total. The quantitative estimate of drug-likeness (QED) is 0.661. The minimum atomic E-state index is 0.643. The van der Waals surface area contributed by atoms with E-state index in [0.29, 0.717) is 6.61 Å². The number of nitrogens with one attached hydrogen (secondary N) is 1. The molecule has 0 saturated carbocycles. The molecule has 0 amide bonds. The predicted molar refractivity (Wildman–Crippen MR) is 56.0 cm³/mol. The van der Waals surface area contributed by atoms with Crippen molar-refractivity contribution in [2.75, 3.05) is 19.7 Å². The zero-order valence-electron chi connectivity index (χ0n) is 8.99. The maximum Gasteiger partial charge on any atom is 0.0946 e. The van der Waals surface area contributed by atoms with Gasteiger partial charge in [0, 0.05) is 13.6 Å². The summed E-state index contributed by atoms with van der Waals surface area (Å²) in [4.78, 5) is 4.02. The fraction of sp³-hybridized carbons (Fsp3) is 0.700. The van der Waals surface area contributed by atoms with E-state index in [1.54, 1.807) is 6.33 Å². The Hall–Kier alpha value is -0.870. The summed E-state index contributed by atoms with van der Waals surface area (Å²) in [7, 11) is 1.97. The Morgan fingerprint density at radius 2 is 2.36 bits per heavy atom. The van der Waals surface area contributed by atoms with E-state index < -0.39 is 0 Å². The van der Waals surface area contributed by atoms with Gasteiger partial charge in [-0.15, -0.1) is 0 Å². The Kier molecular flexibility index (Phi) is 5.25. The largest absolute Gasteiger partial charge is 0.374 e. The molecule has 0 aliphatic heterocycles. The van der Waals surface area contributed by atoms with Gasteiger partial charge in [0.25, 0.3) is 0 Å². The molecule has 0 saturated heterocycles. The monoisotopic (exact) mass is 197 g/mol. The first-order chi connectivity index (χ1) is 6.84. The number of rotatable bonds is 7. The van der Waals surface area contributed by atoms with Gasteiger partial charge < -0.3 is 14.6 Å². The molecule has 1 heterocycles. The number of imidazole rings is 1. The van der Waals surface area contributed by atoms with Gasteiger partial charge in [-0.1, -0.05) is 6.92 Å². The molecule has 4 heteroatoms. The second kappa shape index (κ2) is 6.56. The molecule has 0 aliphatic carbocycles. The Bertz CT molecular complexity index is 247. The molecule has 0 radical (unpaired) electrons. The normalized spacial score (nSPS) is 10.7. The molecule has 0 bridgehead atoms. The minimum absolute atomic E-state index is 0.643. The van der Waals surface area contributed by atoms with Crippen LogP contribution < -0.4 is 5.32 Å². The van der Waals surface area contributed by atoms with E-state index in [2.05, 4.69) is 17.2 Å². The highest BCUT2D eigenvalue weighted by atomic mass is 16.5. The van der Waals surface area contributed by atoms with Gasteiger partial charge in [-0.25, -0.2) is 4.98 Å².